The van der Waals surface area contributed by atoms with Crippen molar-refractivity contribution in [3.05, 3.63) is 66.1 Å². The third-order valence-electron chi connectivity index (χ3n) is 5.46. The van der Waals surface area contributed by atoms with E-state index in [2.05, 4.69) is 4.98 Å². The van der Waals surface area contributed by atoms with E-state index in [4.69, 9.17) is 18.6 Å². The number of rotatable bonds is 9. The number of aromatic nitrogens is 1. The van der Waals surface area contributed by atoms with E-state index in [9.17, 15) is 9.59 Å². The summed E-state index contributed by atoms with van der Waals surface area (Å²) in [7, 11) is 0. The lowest BCUT2D eigenvalue weighted by molar-refractivity contribution is -0.134. The molecule has 3 aromatic rings. The molecule has 0 atom stereocenters. The topological polar surface area (TPSA) is 91.1 Å². The highest BCUT2D eigenvalue weighted by Crippen LogP contribution is 2.29. The maximum Gasteiger partial charge on any atom is 0.338 e. The van der Waals surface area contributed by atoms with Gasteiger partial charge in [0, 0.05) is 18.7 Å². The first-order valence-electron chi connectivity index (χ1n) is 11.5. The van der Waals surface area contributed by atoms with Gasteiger partial charge in [-0.15, -0.1) is 0 Å². The van der Waals surface area contributed by atoms with Crippen LogP contribution < -0.4 is 9.47 Å². The number of likely N-dealkylation sites (tertiary alicyclic amines) is 1. The normalized spacial score (nSPS) is 13.4. The largest absolute Gasteiger partial charge is 0.490 e. The minimum atomic E-state index is -0.527. The first kappa shape index (κ1) is 23.4. The van der Waals surface area contributed by atoms with Crippen LogP contribution in [0.2, 0.25) is 0 Å². The summed E-state index contributed by atoms with van der Waals surface area (Å²) in [4.78, 5) is 31.2. The van der Waals surface area contributed by atoms with Crippen LogP contribution in [-0.2, 0) is 16.1 Å². The van der Waals surface area contributed by atoms with Crippen molar-refractivity contribution in [3.8, 4) is 23.0 Å². The molecule has 1 aliphatic heterocycles. The molecular formula is C26H28N2O6. The Morgan fingerprint density at radius 3 is 2.56 bits per heavy atom. The standard InChI is InChI=1S/C26H28N2O6/c1-2-31-23-15-20(11-12-22(23)32-18-24(29)28-13-7-4-8-14-28)26(30)34-17-21-16-33-25(27-21)19-9-5-3-6-10-19/h3,5-6,9-12,15-16H,2,4,7-8,13-14,17-18H2,1H3. The van der Waals surface area contributed by atoms with Crippen LogP contribution in [0.5, 0.6) is 11.5 Å². The molecule has 1 aliphatic rings. The average Bonchev–Trinajstić information content (AvgIpc) is 3.37. The average molecular weight is 465 g/mol. The van der Waals surface area contributed by atoms with Gasteiger partial charge in [-0.2, -0.15) is 0 Å². The van der Waals surface area contributed by atoms with Crippen LogP contribution in [0, 0.1) is 0 Å². The van der Waals surface area contributed by atoms with E-state index in [1.807, 2.05) is 42.2 Å². The molecule has 1 amide bonds. The first-order chi connectivity index (χ1) is 16.6. The van der Waals surface area contributed by atoms with Crippen molar-refractivity contribution in [2.45, 2.75) is 32.8 Å². The highest BCUT2D eigenvalue weighted by atomic mass is 16.5. The number of oxazole rings is 1. The number of nitrogens with zero attached hydrogens (tertiary/aromatic N) is 2. The van der Waals surface area contributed by atoms with E-state index in [0.29, 0.717) is 35.3 Å². The Bertz CT molecular complexity index is 1110. The van der Waals surface area contributed by atoms with Gasteiger partial charge < -0.3 is 23.5 Å². The van der Waals surface area contributed by atoms with Crippen molar-refractivity contribution in [3.63, 3.8) is 0 Å². The van der Waals surface area contributed by atoms with Gasteiger partial charge >= 0.3 is 5.97 Å². The lowest BCUT2D eigenvalue weighted by Gasteiger charge is -2.26. The summed E-state index contributed by atoms with van der Waals surface area (Å²) in [6, 6.07) is 14.2. The Morgan fingerprint density at radius 1 is 1.00 bits per heavy atom. The Morgan fingerprint density at radius 2 is 1.79 bits per heavy atom. The zero-order valence-corrected chi connectivity index (χ0v) is 19.2. The molecule has 34 heavy (non-hydrogen) atoms. The number of amides is 1. The van der Waals surface area contributed by atoms with Crippen LogP contribution in [0.1, 0.15) is 42.2 Å². The maximum atomic E-state index is 12.6. The van der Waals surface area contributed by atoms with Crippen molar-refractivity contribution in [1.29, 1.82) is 0 Å². The van der Waals surface area contributed by atoms with Gasteiger partial charge in [-0.1, -0.05) is 18.2 Å². The number of carbonyl (C=O) groups excluding carboxylic acids is 2. The molecule has 0 unspecified atom stereocenters. The van der Waals surface area contributed by atoms with Crippen LogP contribution in [0.3, 0.4) is 0 Å². The van der Waals surface area contributed by atoms with Crippen molar-refractivity contribution in [2.75, 3.05) is 26.3 Å². The van der Waals surface area contributed by atoms with Gasteiger partial charge in [0.2, 0.25) is 5.89 Å². The lowest BCUT2D eigenvalue weighted by Crippen LogP contribution is -2.38. The Hall–Kier alpha value is -3.81. The number of ether oxygens (including phenoxy) is 3. The predicted molar refractivity (Wildman–Crippen MR) is 125 cm³/mol. The van der Waals surface area contributed by atoms with E-state index < -0.39 is 5.97 Å². The third kappa shape index (κ3) is 5.95. The van der Waals surface area contributed by atoms with Gasteiger partial charge in [0.1, 0.15) is 18.6 Å². The summed E-state index contributed by atoms with van der Waals surface area (Å²) < 4.78 is 22.2. The fourth-order valence-electron chi connectivity index (χ4n) is 3.71. The zero-order chi connectivity index (χ0) is 23.8. The number of benzene rings is 2. The van der Waals surface area contributed by atoms with Crippen molar-refractivity contribution in [2.24, 2.45) is 0 Å². The molecule has 4 rings (SSSR count). The third-order valence-corrected chi connectivity index (χ3v) is 5.46. The first-order valence-corrected chi connectivity index (χ1v) is 11.5. The van der Waals surface area contributed by atoms with Crippen LogP contribution in [0.4, 0.5) is 0 Å². The van der Waals surface area contributed by atoms with Crippen LogP contribution in [-0.4, -0.2) is 48.1 Å². The van der Waals surface area contributed by atoms with Gasteiger partial charge in [-0.3, -0.25) is 4.79 Å². The molecule has 0 aliphatic carbocycles. The molecule has 8 nitrogen and oxygen atoms in total. The summed E-state index contributed by atoms with van der Waals surface area (Å²) in [6.07, 6.45) is 4.67. The van der Waals surface area contributed by atoms with Gasteiger partial charge in [-0.25, -0.2) is 9.78 Å². The number of esters is 1. The van der Waals surface area contributed by atoms with Crippen molar-refractivity contribution in [1.82, 2.24) is 9.88 Å². The second-order valence-corrected chi connectivity index (χ2v) is 7.91. The van der Waals surface area contributed by atoms with Gasteiger partial charge in [0.15, 0.2) is 18.1 Å². The molecule has 8 heteroatoms. The monoisotopic (exact) mass is 464 g/mol. The lowest BCUT2D eigenvalue weighted by atomic mass is 10.1. The van der Waals surface area contributed by atoms with Gasteiger partial charge in [0.05, 0.1) is 12.2 Å². The molecule has 2 heterocycles. The Labute approximate surface area is 198 Å². The minimum Gasteiger partial charge on any atom is -0.490 e. The Balaban J connectivity index is 1.35. The van der Waals surface area contributed by atoms with E-state index in [0.717, 1.165) is 37.9 Å². The summed E-state index contributed by atoms with van der Waals surface area (Å²) in [5, 5.41) is 0. The quantitative estimate of drug-likeness (QED) is 0.431. The maximum absolute atomic E-state index is 12.6. The summed E-state index contributed by atoms with van der Waals surface area (Å²) in [5.41, 5.74) is 1.66. The summed E-state index contributed by atoms with van der Waals surface area (Å²) in [5.74, 6) is 0.684. The summed E-state index contributed by atoms with van der Waals surface area (Å²) >= 11 is 0. The highest BCUT2D eigenvalue weighted by Gasteiger charge is 2.19. The highest BCUT2D eigenvalue weighted by molar-refractivity contribution is 5.90. The molecule has 0 N–H and O–H groups in total. The fraction of sp³-hybridized carbons (Fsp3) is 0.346. The molecule has 0 bridgehead atoms. The minimum absolute atomic E-state index is 0.0261. The summed E-state index contributed by atoms with van der Waals surface area (Å²) in [6.45, 7) is 3.66. The SMILES string of the molecule is CCOc1cc(C(=O)OCc2coc(-c3ccccc3)n2)ccc1OCC(=O)N1CCCCC1. The molecule has 2 aromatic carbocycles. The molecule has 178 valence electrons. The molecule has 1 saturated heterocycles. The predicted octanol–water partition coefficient (Wildman–Crippen LogP) is 4.49. The second kappa shape index (κ2) is 11.4. The van der Waals surface area contributed by atoms with Crippen molar-refractivity contribution >= 4 is 11.9 Å². The van der Waals surface area contributed by atoms with Crippen LogP contribution in [0.25, 0.3) is 11.5 Å². The van der Waals surface area contributed by atoms with Crippen molar-refractivity contribution < 1.29 is 28.2 Å². The molecule has 0 spiro atoms. The molecule has 1 fully saturated rings. The smallest absolute Gasteiger partial charge is 0.338 e. The zero-order valence-electron chi connectivity index (χ0n) is 19.2. The van der Waals surface area contributed by atoms with Gasteiger partial charge in [-0.05, 0) is 56.5 Å². The van der Waals surface area contributed by atoms with E-state index in [1.165, 1.54) is 6.26 Å². The number of hydrogen-bond acceptors (Lipinski definition) is 7. The van der Waals surface area contributed by atoms with E-state index in [1.54, 1.807) is 18.2 Å². The number of piperidine rings is 1. The van der Waals surface area contributed by atoms with Gasteiger partial charge in [0.25, 0.3) is 5.91 Å². The molecular weight excluding hydrogens is 436 g/mol. The number of hydrogen-bond donors (Lipinski definition) is 0. The second-order valence-electron chi connectivity index (χ2n) is 7.91. The Kier molecular flexibility index (Phi) is 7.80. The van der Waals surface area contributed by atoms with E-state index in [-0.39, 0.29) is 19.1 Å². The van der Waals surface area contributed by atoms with Crippen LogP contribution >= 0.6 is 0 Å². The molecule has 1 aromatic heterocycles. The van der Waals surface area contributed by atoms with Crippen LogP contribution in [0.15, 0.2) is 59.2 Å². The van der Waals surface area contributed by atoms with E-state index >= 15 is 0 Å². The molecule has 0 radical (unpaired) electrons. The molecule has 0 saturated carbocycles. The number of carbonyl (C=O) groups is 2. The fourth-order valence-corrected chi connectivity index (χ4v) is 3.71.